The Labute approximate surface area is 131 Å². The largest absolute Gasteiger partial charge is 0.481 e. The molecular weight excluding hydrogens is 272 g/mol. The van der Waals surface area contributed by atoms with E-state index in [9.17, 15) is 9.90 Å². The summed E-state index contributed by atoms with van der Waals surface area (Å²) < 4.78 is 0. The minimum Gasteiger partial charge on any atom is -0.481 e. The van der Waals surface area contributed by atoms with Crippen molar-refractivity contribution in [3.63, 3.8) is 0 Å². The van der Waals surface area contributed by atoms with Gasteiger partial charge in [0.15, 0.2) is 0 Å². The van der Waals surface area contributed by atoms with Gasteiger partial charge >= 0.3 is 5.97 Å². The first-order chi connectivity index (χ1) is 10.6. The van der Waals surface area contributed by atoms with Crippen molar-refractivity contribution >= 4 is 5.97 Å². The van der Waals surface area contributed by atoms with Gasteiger partial charge in [0.1, 0.15) is 0 Å². The molecule has 1 N–H and O–H groups in total. The molecule has 1 unspecified atom stereocenters. The molecule has 0 bridgehead atoms. The van der Waals surface area contributed by atoms with Crippen LogP contribution < -0.4 is 0 Å². The molecule has 1 aliphatic carbocycles. The summed E-state index contributed by atoms with van der Waals surface area (Å²) in [7, 11) is 0. The van der Waals surface area contributed by atoms with Crippen molar-refractivity contribution in [3.05, 3.63) is 70.3 Å². The summed E-state index contributed by atoms with van der Waals surface area (Å²) in [5, 5.41) is 9.31. The molecule has 1 aliphatic rings. The van der Waals surface area contributed by atoms with E-state index in [1.807, 2.05) is 25.1 Å². The second kappa shape index (κ2) is 6.35. The second-order valence-electron chi connectivity index (χ2n) is 6.30. The smallest absolute Gasteiger partial charge is 0.304 e. The van der Waals surface area contributed by atoms with Crippen molar-refractivity contribution in [3.8, 4) is 0 Å². The number of carboxylic acid groups (broad SMARTS) is 1. The maximum Gasteiger partial charge on any atom is 0.304 e. The number of carboxylic acids is 1. The summed E-state index contributed by atoms with van der Waals surface area (Å²) >= 11 is 0. The lowest BCUT2D eigenvalue weighted by atomic mass is 9.83. The maximum absolute atomic E-state index is 11.3. The van der Waals surface area contributed by atoms with Gasteiger partial charge in [-0.2, -0.15) is 0 Å². The number of aryl methyl sites for hydroxylation is 3. The fraction of sp³-hybridized carbons (Fsp3) is 0.350. The van der Waals surface area contributed by atoms with Gasteiger partial charge in [0.2, 0.25) is 0 Å². The van der Waals surface area contributed by atoms with Gasteiger partial charge in [-0.15, -0.1) is 0 Å². The molecule has 2 heteroatoms. The lowest BCUT2D eigenvalue weighted by Gasteiger charge is -2.21. The summed E-state index contributed by atoms with van der Waals surface area (Å²) in [5.41, 5.74) is 6.25. The van der Waals surface area contributed by atoms with Gasteiger partial charge in [-0.3, -0.25) is 4.79 Å². The number of aliphatic carboxylic acids is 1. The molecule has 2 aromatic carbocycles. The molecule has 22 heavy (non-hydrogen) atoms. The summed E-state index contributed by atoms with van der Waals surface area (Å²) in [4.78, 5) is 11.3. The number of fused-ring (bicyclic) bond motifs is 1. The normalized spacial score (nSPS) is 15.1. The third-order valence-corrected chi connectivity index (χ3v) is 4.60. The van der Waals surface area contributed by atoms with Gasteiger partial charge < -0.3 is 5.11 Å². The van der Waals surface area contributed by atoms with Crippen molar-refractivity contribution in [2.75, 3.05) is 0 Å². The van der Waals surface area contributed by atoms with E-state index in [2.05, 4.69) is 24.3 Å². The van der Waals surface area contributed by atoms with Crippen LogP contribution in [0.3, 0.4) is 0 Å². The van der Waals surface area contributed by atoms with Crippen LogP contribution in [-0.4, -0.2) is 11.1 Å². The van der Waals surface area contributed by atoms with E-state index in [1.54, 1.807) is 0 Å². The first-order valence-electron chi connectivity index (χ1n) is 8.03. The van der Waals surface area contributed by atoms with Crippen LogP contribution in [0, 0.1) is 6.92 Å². The predicted octanol–water partition coefficient (Wildman–Crippen LogP) is 4.48. The summed E-state index contributed by atoms with van der Waals surface area (Å²) in [6, 6.07) is 14.8. The Kier molecular flexibility index (Phi) is 4.28. The monoisotopic (exact) mass is 294 g/mol. The van der Waals surface area contributed by atoms with E-state index in [4.69, 9.17) is 0 Å². The zero-order valence-corrected chi connectivity index (χ0v) is 13.0. The van der Waals surface area contributed by atoms with Crippen molar-refractivity contribution < 1.29 is 9.90 Å². The standard InChI is InChI=1S/C20H22O2/c1-14-5-4-8-17(11-14)19(13-20(21)22)18-10-9-15-6-2-3-7-16(15)12-18/h4-5,8-12,19H,2-3,6-7,13H2,1H3,(H,21,22). The Hall–Kier alpha value is -2.09. The Morgan fingerprint density at radius 1 is 1.05 bits per heavy atom. The van der Waals surface area contributed by atoms with Gasteiger partial charge in [-0.25, -0.2) is 0 Å². The Morgan fingerprint density at radius 2 is 1.77 bits per heavy atom. The molecule has 2 nitrogen and oxygen atoms in total. The third kappa shape index (κ3) is 3.22. The average Bonchev–Trinajstić information content (AvgIpc) is 2.52. The van der Waals surface area contributed by atoms with E-state index >= 15 is 0 Å². The van der Waals surface area contributed by atoms with Crippen molar-refractivity contribution in [2.45, 2.75) is 44.9 Å². The highest BCUT2D eigenvalue weighted by atomic mass is 16.4. The molecule has 0 fully saturated rings. The van der Waals surface area contributed by atoms with Gasteiger partial charge in [0.25, 0.3) is 0 Å². The topological polar surface area (TPSA) is 37.3 Å². The fourth-order valence-corrected chi connectivity index (χ4v) is 3.46. The van der Waals surface area contributed by atoms with Gasteiger partial charge in [0, 0.05) is 5.92 Å². The molecule has 1 atom stereocenters. The summed E-state index contributed by atoms with van der Waals surface area (Å²) in [5.74, 6) is -0.811. The van der Waals surface area contributed by atoms with Crippen LogP contribution in [0.4, 0.5) is 0 Å². The van der Waals surface area contributed by atoms with Gasteiger partial charge in [0.05, 0.1) is 6.42 Å². The number of benzene rings is 2. The van der Waals surface area contributed by atoms with Crippen LogP contribution in [0.1, 0.15) is 53.0 Å². The zero-order chi connectivity index (χ0) is 15.5. The SMILES string of the molecule is Cc1cccc(C(CC(=O)O)c2ccc3c(c2)CCCC3)c1. The molecule has 0 spiro atoms. The first-order valence-corrected chi connectivity index (χ1v) is 8.03. The van der Waals surface area contributed by atoms with E-state index in [1.165, 1.54) is 29.5 Å². The molecule has 0 radical (unpaired) electrons. The quantitative estimate of drug-likeness (QED) is 0.902. The maximum atomic E-state index is 11.3. The number of carbonyl (C=O) groups is 1. The average molecular weight is 294 g/mol. The van der Waals surface area contributed by atoms with E-state index < -0.39 is 5.97 Å². The molecule has 2 aromatic rings. The summed E-state index contributed by atoms with van der Waals surface area (Å²) in [6.07, 6.45) is 4.93. The lowest BCUT2D eigenvalue weighted by molar-refractivity contribution is -0.137. The Bertz CT molecular complexity index is 688. The van der Waals surface area contributed by atoms with Gasteiger partial charge in [-0.05, 0) is 54.9 Å². The molecular formula is C20H22O2. The van der Waals surface area contributed by atoms with Crippen LogP contribution in [0.5, 0.6) is 0 Å². The van der Waals surface area contributed by atoms with E-state index in [0.29, 0.717) is 0 Å². The zero-order valence-electron chi connectivity index (χ0n) is 13.0. The highest BCUT2D eigenvalue weighted by molar-refractivity contribution is 5.69. The van der Waals surface area contributed by atoms with Crippen molar-refractivity contribution in [1.82, 2.24) is 0 Å². The third-order valence-electron chi connectivity index (χ3n) is 4.60. The van der Waals surface area contributed by atoms with Crippen LogP contribution in [-0.2, 0) is 17.6 Å². The van der Waals surface area contributed by atoms with Crippen molar-refractivity contribution in [2.24, 2.45) is 0 Å². The number of hydrogen-bond donors (Lipinski definition) is 1. The molecule has 0 saturated heterocycles. The minimum atomic E-state index is -0.746. The van der Waals surface area contributed by atoms with Crippen LogP contribution in [0.25, 0.3) is 0 Å². The molecule has 0 heterocycles. The van der Waals surface area contributed by atoms with Crippen LogP contribution in [0.2, 0.25) is 0 Å². The van der Waals surface area contributed by atoms with Crippen LogP contribution in [0.15, 0.2) is 42.5 Å². The first kappa shape index (κ1) is 14.8. The van der Waals surface area contributed by atoms with E-state index in [-0.39, 0.29) is 12.3 Å². The molecule has 0 saturated carbocycles. The molecule has 0 aromatic heterocycles. The minimum absolute atomic E-state index is 0.0652. The second-order valence-corrected chi connectivity index (χ2v) is 6.30. The Morgan fingerprint density at radius 3 is 2.50 bits per heavy atom. The fourth-order valence-electron chi connectivity index (χ4n) is 3.46. The van der Waals surface area contributed by atoms with Gasteiger partial charge in [-0.1, -0.05) is 48.0 Å². The van der Waals surface area contributed by atoms with E-state index in [0.717, 1.165) is 24.0 Å². The Balaban J connectivity index is 2.00. The molecule has 0 amide bonds. The van der Waals surface area contributed by atoms with Crippen LogP contribution >= 0.6 is 0 Å². The number of hydrogen-bond acceptors (Lipinski definition) is 1. The molecule has 0 aliphatic heterocycles. The number of rotatable bonds is 4. The summed E-state index contributed by atoms with van der Waals surface area (Å²) in [6.45, 7) is 2.05. The molecule has 114 valence electrons. The lowest BCUT2D eigenvalue weighted by Crippen LogP contribution is -2.10. The highest BCUT2D eigenvalue weighted by Gasteiger charge is 2.20. The van der Waals surface area contributed by atoms with Crippen molar-refractivity contribution in [1.29, 1.82) is 0 Å². The highest BCUT2D eigenvalue weighted by Crippen LogP contribution is 2.32. The molecule has 3 rings (SSSR count). The predicted molar refractivity (Wildman–Crippen MR) is 88.4 cm³/mol.